The van der Waals surface area contributed by atoms with Crippen LogP contribution in [0.2, 0.25) is 10.0 Å². The number of hydrogen-bond donors (Lipinski definition) is 1. The van der Waals surface area contributed by atoms with Gasteiger partial charge >= 0.3 is 0 Å². The average molecular weight is 392 g/mol. The fourth-order valence-electron chi connectivity index (χ4n) is 3.85. The van der Waals surface area contributed by atoms with E-state index in [2.05, 4.69) is 5.10 Å². The number of carbonyl (C=O) groups excluding carboxylic acids is 1. The molecular weight excluding hydrogens is 373 g/mol. The lowest BCUT2D eigenvalue weighted by Crippen LogP contribution is -2.37. The van der Waals surface area contributed by atoms with Gasteiger partial charge in [0.25, 0.3) is 0 Å². The number of hydrogen-bond acceptors (Lipinski definition) is 3. The molecule has 2 heterocycles. The predicted octanol–water partition coefficient (Wildman–Crippen LogP) is 3.41. The smallest absolute Gasteiger partial charge is 0.248 e. The minimum absolute atomic E-state index is 0.248. The van der Waals surface area contributed by atoms with E-state index in [-0.39, 0.29) is 5.91 Å². The monoisotopic (exact) mass is 391 g/mol. The third-order valence-corrected chi connectivity index (χ3v) is 6.02. The van der Waals surface area contributed by atoms with E-state index in [1.165, 1.54) is 5.57 Å². The van der Waals surface area contributed by atoms with E-state index < -0.39 is 6.61 Å². The first-order valence-corrected chi connectivity index (χ1v) is 9.43. The van der Waals surface area contributed by atoms with Gasteiger partial charge in [0, 0.05) is 31.4 Å². The number of rotatable bonds is 3. The molecule has 1 aromatic heterocycles. The molecule has 2 aromatic rings. The summed E-state index contributed by atoms with van der Waals surface area (Å²) in [7, 11) is 0. The van der Waals surface area contributed by atoms with Crippen LogP contribution in [-0.4, -0.2) is 45.4 Å². The number of aliphatic hydroxyl groups is 1. The fraction of sp³-hybridized carbons (Fsp3) is 0.368. The quantitative estimate of drug-likeness (QED) is 0.871. The first kappa shape index (κ1) is 17.6. The topological polar surface area (TPSA) is 58.4 Å². The van der Waals surface area contributed by atoms with E-state index in [4.69, 9.17) is 23.2 Å². The van der Waals surface area contributed by atoms with Gasteiger partial charge < -0.3 is 10.0 Å². The van der Waals surface area contributed by atoms with Crippen molar-refractivity contribution in [1.82, 2.24) is 14.7 Å². The van der Waals surface area contributed by atoms with Crippen molar-refractivity contribution in [3.05, 3.63) is 45.1 Å². The zero-order chi connectivity index (χ0) is 18.4. The van der Waals surface area contributed by atoms with E-state index >= 15 is 0 Å². The summed E-state index contributed by atoms with van der Waals surface area (Å²) in [6.45, 7) is 3.47. The number of halogens is 2. The summed E-state index contributed by atoms with van der Waals surface area (Å²) in [4.78, 5) is 13.7. The lowest BCUT2D eigenvalue weighted by molar-refractivity contribution is -0.133. The number of aromatic nitrogens is 2. The molecule has 0 spiro atoms. The average Bonchev–Trinajstić information content (AvgIpc) is 3.28. The molecule has 136 valence electrons. The Morgan fingerprint density at radius 3 is 2.88 bits per heavy atom. The van der Waals surface area contributed by atoms with Gasteiger partial charge in [-0.05, 0) is 48.6 Å². The standard InChI is InChI=1S/C19H19Cl2N3O2/c1-2-24-6-4-16(22-24)12-8-15(20)19(21)13-7-11-3-5-23(17(26)10-25)9-14(11)18(12)13/h4,6,8,25H,2-3,5,7,9-10H2,1H3. The Labute approximate surface area is 161 Å². The largest absolute Gasteiger partial charge is 0.387 e. The highest BCUT2D eigenvalue weighted by molar-refractivity contribution is 6.43. The summed E-state index contributed by atoms with van der Waals surface area (Å²) in [5.41, 5.74) is 6.27. The molecular formula is C19H19Cl2N3O2. The highest BCUT2D eigenvalue weighted by atomic mass is 35.5. The Bertz CT molecular complexity index is 933. The van der Waals surface area contributed by atoms with E-state index in [9.17, 15) is 9.90 Å². The van der Waals surface area contributed by atoms with Crippen molar-refractivity contribution in [1.29, 1.82) is 0 Å². The zero-order valence-corrected chi connectivity index (χ0v) is 15.9. The summed E-state index contributed by atoms with van der Waals surface area (Å²) >= 11 is 12.9. The number of aryl methyl sites for hydroxylation is 1. The number of benzene rings is 1. The second kappa shape index (κ2) is 6.72. The molecule has 0 bridgehead atoms. The molecule has 0 atom stereocenters. The second-order valence-electron chi connectivity index (χ2n) is 6.61. The van der Waals surface area contributed by atoms with Gasteiger partial charge in [-0.1, -0.05) is 28.8 Å². The van der Waals surface area contributed by atoms with Crippen LogP contribution in [0.5, 0.6) is 0 Å². The third-order valence-electron chi connectivity index (χ3n) is 5.20. The molecule has 1 N–H and O–H groups in total. The van der Waals surface area contributed by atoms with Crippen LogP contribution in [-0.2, 0) is 17.8 Å². The summed E-state index contributed by atoms with van der Waals surface area (Å²) in [5.74, 6) is -0.248. The lowest BCUT2D eigenvalue weighted by atomic mass is 9.94. The maximum Gasteiger partial charge on any atom is 0.248 e. The van der Waals surface area contributed by atoms with Crippen LogP contribution in [0, 0.1) is 0 Å². The summed E-state index contributed by atoms with van der Waals surface area (Å²) in [6.07, 6.45) is 3.48. The van der Waals surface area contributed by atoms with Gasteiger partial charge in [0.15, 0.2) is 0 Å². The number of nitrogens with zero attached hydrogens (tertiary/aromatic N) is 3. The van der Waals surface area contributed by atoms with Crippen molar-refractivity contribution >= 4 is 34.7 Å². The van der Waals surface area contributed by atoms with Gasteiger partial charge in [-0.15, -0.1) is 0 Å². The Balaban J connectivity index is 1.84. The van der Waals surface area contributed by atoms with Crippen LogP contribution in [0.25, 0.3) is 16.8 Å². The van der Waals surface area contributed by atoms with Crippen molar-refractivity contribution in [3.63, 3.8) is 0 Å². The number of amides is 1. The van der Waals surface area contributed by atoms with Gasteiger partial charge in [-0.3, -0.25) is 9.48 Å². The maximum absolute atomic E-state index is 12.0. The van der Waals surface area contributed by atoms with Crippen molar-refractivity contribution in [2.75, 3.05) is 19.7 Å². The van der Waals surface area contributed by atoms with Crippen LogP contribution in [0.15, 0.2) is 23.9 Å². The summed E-state index contributed by atoms with van der Waals surface area (Å²) in [5, 5.41) is 14.9. The molecule has 0 radical (unpaired) electrons. The number of fused-ring (bicyclic) bond motifs is 2. The maximum atomic E-state index is 12.0. The molecule has 7 heteroatoms. The normalized spacial score (nSPS) is 16.1. The van der Waals surface area contributed by atoms with Crippen LogP contribution in [0.4, 0.5) is 0 Å². The fourth-order valence-corrected chi connectivity index (χ4v) is 4.29. The molecule has 1 aliphatic carbocycles. The van der Waals surface area contributed by atoms with Crippen molar-refractivity contribution < 1.29 is 9.90 Å². The van der Waals surface area contributed by atoms with E-state index in [0.29, 0.717) is 23.1 Å². The van der Waals surface area contributed by atoms with Crippen LogP contribution >= 0.6 is 23.2 Å². The van der Waals surface area contributed by atoms with Crippen LogP contribution in [0.3, 0.4) is 0 Å². The highest BCUT2D eigenvalue weighted by Crippen LogP contribution is 2.47. The predicted molar refractivity (Wildman–Crippen MR) is 102 cm³/mol. The van der Waals surface area contributed by atoms with Crippen LogP contribution in [0.1, 0.15) is 24.5 Å². The zero-order valence-electron chi connectivity index (χ0n) is 14.4. The first-order valence-electron chi connectivity index (χ1n) is 8.68. The SMILES string of the molecule is CCn1ccc(-c2cc(Cl)c(Cl)c3c2C2=C(CCN(C(=O)CO)C2)C3)n1. The molecule has 0 saturated carbocycles. The minimum atomic E-state index is -0.468. The lowest BCUT2D eigenvalue weighted by Gasteiger charge is -2.28. The molecule has 1 aromatic carbocycles. The van der Waals surface area contributed by atoms with Gasteiger partial charge in [0.1, 0.15) is 6.61 Å². The second-order valence-corrected chi connectivity index (χ2v) is 7.40. The highest BCUT2D eigenvalue weighted by Gasteiger charge is 2.33. The summed E-state index contributed by atoms with van der Waals surface area (Å²) in [6, 6.07) is 3.84. The van der Waals surface area contributed by atoms with Gasteiger partial charge in [0.05, 0.1) is 15.7 Å². The van der Waals surface area contributed by atoms with Crippen molar-refractivity contribution in [2.24, 2.45) is 0 Å². The molecule has 0 unspecified atom stereocenters. The minimum Gasteiger partial charge on any atom is -0.387 e. The Kier molecular flexibility index (Phi) is 4.55. The number of carbonyl (C=O) groups is 1. The van der Waals surface area contributed by atoms with Gasteiger partial charge in [-0.25, -0.2) is 0 Å². The molecule has 2 aliphatic rings. The molecule has 0 saturated heterocycles. The van der Waals surface area contributed by atoms with Gasteiger partial charge in [0.2, 0.25) is 5.91 Å². The Morgan fingerprint density at radius 1 is 1.38 bits per heavy atom. The molecule has 4 rings (SSSR count). The van der Waals surface area contributed by atoms with Crippen LogP contribution < -0.4 is 0 Å². The Hall–Kier alpha value is -1.82. The molecule has 1 aliphatic heterocycles. The van der Waals surface area contributed by atoms with Gasteiger partial charge in [-0.2, -0.15) is 5.10 Å². The van der Waals surface area contributed by atoms with E-state index in [0.717, 1.165) is 47.3 Å². The van der Waals surface area contributed by atoms with E-state index in [1.54, 1.807) is 4.90 Å². The Morgan fingerprint density at radius 2 is 2.19 bits per heavy atom. The first-order chi connectivity index (χ1) is 12.5. The third kappa shape index (κ3) is 2.75. The molecule has 5 nitrogen and oxygen atoms in total. The van der Waals surface area contributed by atoms with Crippen molar-refractivity contribution in [3.8, 4) is 11.3 Å². The molecule has 1 amide bonds. The number of aliphatic hydroxyl groups excluding tert-OH is 1. The summed E-state index contributed by atoms with van der Waals surface area (Å²) < 4.78 is 1.87. The molecule has 26 heavy (non-hydrogen) atoms. The molecule has 0 fully saturated rings. The van der Waals surface area contributed by atoms with Crippen molar-refractivity contribution in [2.45, 2.75) is 26.3 Å². The van der Waals surface area contributed by atoms with E-state index in [1.807, 2.05) is 29.9 Å².